The van der Waals surface area contributed by atoms with Crippen LogP contribution in [0.5, 0.6) is 11.5 Å². The Morgan fingerprint density at radius 2 is 1.76 bits per heavy atom. The molecule has 0 saturated heterocycles. The number of hydrogen-bond donors (Lipinski definition) is 2. The van der Waals surface area contributed by atoms with Crippen LogP contribution in [0.4, 0.5) is 5.69 Å². The Hall–Kier alpha value is -2.53. The van der Waals surface area contributed by atoms with Gasteiger partial charge < -0.3 is 19.9 Å². The number of aryl methyl sites for hydroxylation is 1. The van der Waals surface area contributed by atoms with Crippen molar-refractivity contribution in [1.29, 1.82) is 0 Å². The van der Waals surface area contributed by atoms with Crippen molar-refractivity contribution >= 4 is 11.6 Å². The van der Waals surface area contributed by atoms with Gasteiger partial charge in [0.2, 0.25) is 5.91 Å². The Labute approximate surface area is 146 Å². The topological polar surface area (TPSA) is 67.8 Å². The van der Waals surface area contributed by atoms with E-state index in [9.17, 15) is 9.90 Å². The second-order valence-corrected chi connectivity index (χ2v) is 6.66. The Bertz CT molecular complexity index is 796. The van der Waals surface area contributed by atoms with Gasteiger partial charge in [0, 0.05) is 17.5 Å². The van der Waals surface area contributed by atoms with Crippen LogP contribution >= 0.6 is 0 Å². The molecule has 1 fully saturated rings. The van der Waals surface area contributed by atoms with Crippen LogP contribution in [-0.2, 0) is 4.79 Å². The van der Waals surface area contributed by atoms with Gasteiger partial charge in [-0.25, -0.2) is 0 Å². The standard InChI is InChI=1S/C20H21NO4/c1-12-2-4-13(5-3-12)19(22)15-10-17-18(25-9-8-24-17)11-16(15)21-20(23)14-6-7-14/h2-5,10-11,14,19,22H,6-9H2,1H3,(H,21,23)/t19-/m0/s1. The number of benzene rings is 2. The number of aliphatic hydroxyl groups is 1. The van der Waals surface area contributed by atoms with Gasteiger partial charge in [0.1, 0.15) is 19.3 Å². The summed E-state index contributed by atoms with van der Waals surface area (Å²) in [6.45, 7) is 2.95. The smallest absolute Gasteiger partial charge is 0.227 e. The minimum absolute atomic E-state index is 0.00552. The lowest BCUT2D eigenvalue weighted by Crippen LogP contribution is -2.19. The first-order valence-corrected chi connectivity index (χ1v) is 8.61. The first kappa shape index (κ1) is 16.0. The molecular formula is C20H21NO4. The van der Waals surface area contributed by atoms with Crippen LogP contribution in [0, 0.1) is 12.8 Å². The predicted molar refractivity (Wildman–Crippen MR) is 94.0 cm³/mol. The molecule has 2 aromatic carbocycles. The highest BCUT2D eigenvalue weighted by molar-refractivity contribution is 5.95. The lowest BCUT2D eigenvalue weighted by molar-refractivity contribution is -0.117. The summed E-state index contributed by atoms with van der Waals surface area (Å²) >= 11 is 0. The highest BCUT2D eigenvalue weighted by atomic mass is 16.6. The summed E-state index contributed by atoms with van der Waals surface area (Å²) in [5, 5.41) is 13.8. The molecule has 130 valence electrons. The summed E-state index contributed by atoms with van der Waals surface area (Å²) in [6, 6.07) is 11.2. The third-order valence-corrected chi connectivity index (χ3v) is 4.61. The molecule has 5 heteroatoms. The molecule has 5 nitrogen and oxygen atoms in total. The molecule has 0 radical (unpaired) electrons. The van der Waals surface area contributed by atoms with E-state index in [4.69, 9.17) is 9.47 Å². The molecule has 1 aliphatic heterocycles. The Morgan fingerprint density at radius 1 is 1.12 bits per heavy atom. The normalized spacial score (nSPS) is 17.0. The number of rotatable bonds is 4. The van der Waals surface area contributed by atoms with E-state index in [2.05, 4.69) is 5.32 Å². The molecule has 2 aliphatic rings. The lowest BCUT2D eigenvalue weighted by Gasteiger charge is -2.23. The number of anilines is 1. The first-order chi connectivity index (χ1) is 12.1. The maximum atomic E-state index is 12.2. The maximum Gasteiger partial charge on any atom is 0.227 e. The van der Waals surface area contributed by atoms with Gasteiger partial charge in [-0.3, -0.25) is 4.79 Å². The monoisotopic (exact) mass is 339 g/mol. The van der Waals surface area contributed by atoms with E-state index in [1.807, 2.05) is 31.2 Å². The number of aliphatic hydroxyl groups excluding tert-OH is 1. The Balaban J connectivity index is 1.72. The molecule has 2 N–H and O–H groups in total. The van der Waals surface area contributed by atoms with Crippen LogP contribution in [-0.4, -0.2) is 24.2 Å². The van der Waals surface area contributed by atoms with Crippen molar-refractivity contribution in [2.24, 2.45) is 5.92 Å². The van der Waals surface area contributed by atoms with Gasteiger partial charge >= 0.3 is 0 Å². The molecule has 0 unspecified atom stereocenters. The van der Waals surface area contributed by atoms with Gasteiger partial charge in [0.25, 0.3) is 0 Å². The van der Waals surface area contributed by atoms with E-state index < -0.39 is 6.10 Å². The molecule has 0 aromatic heterocycles. The third-order valence-electron chi connectivity index (χ3n) is 4.61. The van der Waals surface area contributed by atoms with Crippen molar-refractivity contribution < 1.29 is 19.4 Å². The Kier molecular flexibility index (Phi) is 4.09. The van der Waals surface area contributed by atoms with Gasteiger partial charge in [-0.1, -0.05) is 29.8 Å². The van der Waals surface area contributed by atoms with Gasteiger partial charge in [-0.15, -0.1) is 0 Å². The minimum atomic E-state index is -0.856. The summed E-state index contributed by atoms with van der Waals surface area (Å²) < 4.78 is 11.3. The largest absolute Gasteiger partial charge is 0.486 e. The van der Waals surface area contributed by atoms with Gasteiger partial charge in [0.15, 0.2) is 11.5 Å². The average Bonchev–Trinajstić information content (AvgIpc) is 3.46. The number of nitrogens with one attached hydrogen (secondary N) is 1. The quantitative estimate of drug-likeness (QED) is 0.898. The van der Waals surface area contributed by atoms with E-state index in [1.54, 1.807) is 12.1 Å². The van der Waals surface area contributed by atoms with Crippen molar-refractivity contribution in [1.82, 2.24) is 0 Å². The predicted octanol–water partition coefficient (Wildman–Crippen LogP) is 3.20. The molecule has 25 heavy (non-hydrogen) atoms. The van der Waals surface area contributed by atoms with Crippen LogP contribution < -0.4 is 14.8 Å². The summed E-state index contributed by atoms with van der Waals surface area (Å²) in [5.41, 5.74) is 3.08. The van der Waals surface area contributed by atoms with Crippen LogP contribution in [0.15, 0.2) is 36.4 Å². The zero-order chi connectivity index (χ0) is 17.4. The van der Waals surface area contributed by atoms with Crippen LogP contribution in [0.25, 0.3) is 0 Å². The second kappa shape index (κ2) is 6.41. The summed E-state index contributed by atoms with van der Waals surface area (Å²) in [4.78, 5) is 12.2. The summed E-state index contributed by atoms with van der Waals surface area (Å²) in [6.07, 6.45) is 0.990. The van der Waals surface area contributed by atoms with E-state index >= 15 is 0 Å². The fourth-order valence-electron chi connectivity index (χ4n) is 2.95. The molecule has 2 aromatic rings. The van der Waals surface area contributed by atoms with Crippen LogP contribution in [0.1, 0.15) is 35.6 Å². The van der Waals surface area contributed by atoms with E-state index in [-0.39, 0.29) is 11.8 Å². The van der Waals surface area contributed by atoms with E-state index in [0.29, 0.717) is 36.0 Å². The molecular weight excluding hydrogens is 318 g/mol. The highest BCUT2D eigenvalue weighted by Gasteiger charge is 2.31. The fraction of sp³-hybridized carbons (Fsp3) is 0.350. The van der Waals surface area contributed by atoms with Crippen molar-refractivity contribution in [3.05, 3.63) is 53.1 Å². The van der Waals surface area contributed by atoms with Crippen LogP contribution in [0.2, 0.25) is 0 Å². The lowest BCUT2D eigenvalue weighted by atomic mass is 9.98. The highest BCUT2D eigenvalue weighted by Crippen LogP contribution is 2.40. The van der Waals surface area contributed by atoms with Gasteiger partial charge in [-0.2, -0.15) is 0 Å². The third kappa shape index (κ3) is 3.33. The maximum absolute atomic E-state index is 12.2. The number of carbonyl (C=O) groups is 1. The van der Waals surface area contributed by atoms with E-state index in [0.717, 1.165) is 24.0 Å². The number of ether oxygens (including phenoxy) is 2. The zero-order valence-corrected chi connectivity index (χ0v) is 14.1. The zero-order valence-electron chi connectivity index (χ0n) is 14.1. The molecule has 1 aliphatic carbocycles. The average molecular weight is 339 g/mol. The van der Waals surface area contributed by atoms with Gasteiger partial charge in [0.05, 0.1) is 5.69 Å². The minimum Gasteiger partial charge on any atom is -0.486 e. The summed E-state index contributed by atoms with van der Waals surface area (Å²) in [5.74, 6) is 1.26. The van der Waals surface area contributed by atoms with Crippen molar-refractivity contribution in [3.63, 3.8) is 0 Å². The molecule has 0 spiro atoms. The SMILES string of the molecule is Cc1ccc([C@H](O)c2cc3c(cc2NC(=O)C2CC2)OCCO3)cc1. The Morgan fingerprint density at radius 3 is 2.40 bits per heavy atom. The second-order valence-electron chi connectivity index (χ2n) is 6.66. The fourth-order valence-corrected chi connectivity index (χ4v) is 2.95. The number of hydrogen-bond acceptors (Lipinski definition) is 4. The summed E-state index contributed by atoms with van der Waals surface area (Å²) in [7, 11) is 0. The van der Waals surface area contributed by atoms with Crippen molar-refractivity contribution in [2.45, 2.75) is 25.9 Å². The first-order valence-electron chi connectivity index (χ1n) is 8.61. The molecule has 4 rings (SSSR count). The van der Waals surface area contributed by atoms with Crippen molar-refractivity contribution in [2.75, 3.05) is 18.5 Å². The number of carbonyl (C=O) groups excluding carboxylic acids is 1. The van der Waals surface area contributed by atoms with Gasteiger partial charge in [-0.05, 0) is 31.4 Å². The molecule has 1 saturated carbocycles. The number of amides is 1. The van der Waals surface area contributed by atoms with Crippen molar-refractivity contribution in [3.8, 4) is 11.5 Å². The molecule has 1 amide bonds. The number of fused-ring (bicyclic) bond motifs is 1. The van der Waals surface area contributed by atoms with Crippen LogP contribution in [0.3, 0.4) is 0 Å². The molecule has 1 atom stereocenters. The van der Waals surface area contributed by atoms with E-state index in [1.165, 1.54) is 0 Å². The molecule has 1 heterocycles. The molecule has 0 bridgehead atoms.